The van der Waals surface area contributed by atoms with Gasteiger partial charge in [0.15, 0.2) is 0 Å². The highest BCUT2D eigenvalue weighted by atomic mass is 16.5. The summed E-state index contributed by atoms with van der Waals surface area (Å²) in [6, 6.07) is 7.41. The van der Waals surface area contributed by atoms with Gasteiger partial charge in [-0.2, -0.15) is 0 Å². The van der Waals surface area contributed by atoms with Gasteiger partial charge in [-0.05, 0) is 51.0 Å². The number of hydrogen-bond donors (Lipinski definition) is 1. The predicted octanol–water partition coefficient (Wildman–Crippen LogP) is 3.14. The number of nitrogens with zero attached hydrogens (tertiary/aromatic N) is 2. The molecule has 0 aromatic heterocycles. The molecule has 6 heteroatoms. The molecule has 0 spiro atoms. The quantitative estimate of drug-likeness (QED) is 0.862. The zero-order valence-electron chi connectivity index (χ0n) is 17.2. The number of hydrogen-bond acceptors (Lipinski definition) is 4. The van der Waals surface area contributed by atoms with Crippen LogP contribution < -0.4 is 5.32 Å². The Labute approximate surface area is 168 Å². The monoisotopic (exact) mass is 387 g/mol. The fourth-order valence-electron chi connectivity index (χ4n) is 4.04. The average molecular weight is 388 g/mol. The van der Waals surface area contributed by atoms with E-state index in [1.807, 2.05) is 47.9 Å². The first-order chi connectivity index (χ1) is 13.5. The zero-order chi connectivity index (χ0) is 19.9. The van der Waals surface area contributed by atoms with Crippen molar-refractivity contribution in [1.29, 1.82) is 0 Å². The number of likely N-dealkylation sites (tertiary alicyclic amines) is 1. The number of ether oxygens (including phenoxy) is 1. The molecule has 6 nitrogen and oxygen atoms in total. The minimum absolute atomic E-state index is 0.0326. The lowest BCUT2D eigenvalue weighted by Crippen LogP contribution is -2.48. The molecule has 2 unspecified atom stereocenters. The van der Waals surface area contributed by atoms with E-state index in [0.717, 1.165) is 31.6 Å². The molecular weight excluding hydrogens is 354 g/mol. The first kappa shape index (κ1) is 20.6. The molecular formula is C22H33N3O3. The van der Waals surface area contributed by atoms with Crippen molar-refractivity contribution in [3.05, 3.63) is 29.8 Å². The fourth-order valence-corrected chi connectivity index (χ4v) is 4.04. The summed E-state index contributed by atoms with van der Waals surface area (Å²) < 4.78 is 5.70. The molecule has 2 saturated heterocycles. The Balaban J connectivity index is 1.51. The van der Waals surface area contributed by atoms with Crippen LogP contribution in [0.5, 0.6) is 0 Å². The summed E-state index contributed by atoms with van der Waals surface area (Å²) in [5.74, 6) is 0.184. The second-order valence-corrected chi connectivity index (χ2v) is 8.05. The minimum atomic E-state index is 0.0326. The lowest BCUT2D eigenvalue weighted by atomic mass is 10.1. The maximum absolute atomic E-state index is 12.7. The highest BCUT2D eigenvalue weighted by Crippen LogP contribution is 2.17. The predicted molar refractivity (Wildman–Crippen MR) is 111 cm³/mol. The van der Waals surface area contributed by atoms with Crippen molar-refractivity contribution in [2.45, 2.75) is 58.2 Å². The first-order valence-corrected chi connectivity index (χ1v) is 10.6. The largest absolute Gasteiger partial charge is 0.376 e. The average Bonchev–Trinajstić information content (AvgIpc) is 2.65. The molecule has 1 aromatic carbocycles. The Bertz CT molecular complexity index is 643. The molecule has 2 fully saturated rings. The van der Waals surface area contributed by atoms with Gasteiger partial charge in [0.2, 0.25) is 5.91 Å². The van der Waals surface area contributed by atoms with Gasteiger partial charge in [-0.3, -0.25) is 9.59 Å². The molecule has 154 valence electrons. The molecule has 2 aliphatic rings. The van der Waals surface area contributed by atoms with Crippen LogP contribution in [0.4, 0.5) is 5.69 Å². The van der Waals surface area contributed by atoms with Crippen molar-refractivity contribution in [2.24, 2.45) is 0 Å². The number of carbonyl (C=O) groups is 2. The van der Waals surface area contributed by atoms with Gasteiger partial charge in [-0.15, -0.1) is 0 Å². The van der Waals surface area contributed by atoms with Crippen LogP contribution in [0.15, 0.2) is 24.3 Å². The normalized spacial score (nSPS) is 23.6. The van der Waals surface area contributed by atoms with E-state index >= 15 is 0 Å². The van der Waals surface area contributed by atoms with Crippen LogP contribution in [-0.2, 0) is 9.53 Å². The van der Waals surface area contributed by atoms with Crippen molar-refractivity contribution in [1.82, 2.24) is 9.80 Å². The lowest BCUT2D eigenvalue weighted by Gasteiger charge is -2.35. The molecule has 0 aliphatic carbocycles. The lowest BCUT2D eigenvalue weighted by molar-refractivity contribution is -0.129. The summed E-state index contributed by atoms with van der Waals surface area (Å²) in [5.41, 5.74) is 1.53. The zero-order valence-corrected chi connectivity index (χ0v) is 17.2. The summed E-state index contributed by atoms with van der Waals surface area (Å²) in [5, 5.41) is 3.20. The maximum atomic E-state index is 12.7. The Morgan fingerprint density at radius 3 is 2.11 bits per heavy atom. The van der Waals surface area contributed by atoms with E-state index in [4.69, 9.17) is 4.74 Å². The summed E-state index contributed by atoms with van der Waals surface area (Å²) in [6.45, 7) is 7.25. The van der Waals surface area contributed by atoms with Crippen molar-refractivity contribution in [3.8, 4) is 0 Å². The second-order valence-electron chi connectivity index (χ2n) is 8.05. The number of amides is 2. The Morgan fingerprint density at radius 1 is 0.929 bits per heavy atom. The molecule has 1 aromatic rings. The third-order valence-corrected chi connectivity index (χ3v) is 5.49. The Kier molecular flexibility index (Phi) is 7.31. The van der Waals surface area contributed by atoms with Crippen molar-refractivity contribution in [2.75, 3.05) is 38.0 Å². The van der Waals surface area contributed by atoms with Gasteiger partial charge in [0.25, 0.3) is 5.91 Å². The molecule has 2 aliphatic heterocycles. The highest BCUT2D eigenvalue weighted by molar-refractivity contribution is 5.94. The molecule has 2 atom stereocenters. The maximum Gasteiger partial charge on any atom is 0.254 e. The number of rotatable bonds is 4. The first-order valence-electron chi connectivity index (χ1n) is 10.6. The smallest absolute Gasteiger partial charge is 0.254 e. The summed E-state index contributed by atoms with van der Waals surface area (Å²) in [6.07, 6.45) is 6.03. The van der Waals surface area contributed by atoms with E-state index < -0.39 is 0 Å². The molecule has 2 heterocycles. The van der Waals surface area contributed by atoms with E-state index in [2.05, 4.69) is 5.32 Å². The number of nitrogens with one attached hydrogen (secondary N) is 1. The molecule has 0 bridgehead atoms. The third-order valence-electron chi connectivity index (χ3n) is 5.49. The van der Waals surface area contributed by atoms with Gasteiger partial charge in [0.05, 0.1) is 18.8 Å². The second kappa shape index (κ2) is 9.92. The highest BCUT2D eigenvalue weighted by Gasteiger charge is 2.26. The van der Waals surface area contributed by atoms with E-state index in [1.165, 1.54) is 19.3 Å². The third kappa shape index (κ3) is 5.71. The van der Waals surface area contributed by atoms with Crippen molar-refractivity contribution in [3.63, 3.8) is 0 Å². The van der Waals surface area contributed by atoms with Crippen LogP contribution in [0, 0.1) is 0 Å². The van der Waals surface area contributed by atoms with Gasteiger partial charge in [0, 0.05) is 37.4 Å². The standard InChI is InChI=1S/C22H33N3O3/c1-17-15-25(16-18(2)28-17)22(27)19-8-10-20(11-9-19)23-14-21(26)24-12-6-4-3-5-7-13-24/h8-11,17-18,23H,3-7,12-16H2,1-2H3. The van der Waals surface area contributed by atoms with E-state index in [0.29, 0.717) is 25.2 Å². The topological polar surface area (TPSA) is 61.9 Å². The van der Waals surface area contributed by atoms with Crippen LogP contribution in [0.25, 0.3) is 0 Å². The molecule has 2 amide bonds. The fraction of sp³-hybridized carbons (Fsp3) is 0.636. The van der Waals surface area contributed by atoms with Crippen LogP contribution in [-0.4, -0.2) is 66.5 Å². The number of benzene rings is 1. The van der Waals surface area contributed by atoms with Crippen molar-refractivity contribution < 1.29 is 14.3 Å². The molecule has 28 heavy (non-hydrogen) atoms. The van der Waals surface area contributed by atoms with Gasteiger partial charge < -0.3 is 19.9 Å². The number of morpholine rings is 1. The van der Waals surface area contributed by atoms with Crippen LogP contribution in [0.2, 0.25) is 0 Å². The van der Waals surface area contributed by atoms with E-state index in [1.54, 1.807) is 0 Å². The van der Waals surface area contributed by atoms with Gasteiger partial charge >= 0.3 is 0 Å². The molecule has 0 saturated carbocycles. The summed E-state index contributed by atoms with van der Waals surface area (Å²) in [4.78, 5) is 29.0. The summed E-state index contributed by atoms with van der Waals surface area (Å²) >= 11 is 0. The molecule has 0 radical (unpaired) electrons. The van der Waals surface area contributed by atoms with Gasteiger partial charge in [-0.25, -0.2) is 0 Å². The van der Waals surface area contributed by atoms with E-state index in [-0.39, 0.29) is 24.0 Å². The van der Waals surface area contributed by atoms with Gasteiger partial charge in [-0.1, -0.05) is 19.3 Å². The van der Waals surface area contributed by atoms with Crippen molar-refractivity contribution >= 4 is 17.5 Å². The Hall–Kier alpha value is -2.08. The van der Waals surface area contributed by atoms with E-state index in [9.17, 15) is 9.59 Å². The summed E-state index contributed by atoms with van der Waals surface area (Å²) in [7, 11) is 0. The van der Waals surface area contributed by atoms with Crippen LogP contribution in [0.3, 0.4) is 0 Å². The molecule has 1 N–H and O–H groups in total. The van der Waals surface area contributed by atoms with Gasteiger partial charge in [0.1, 0.15) is 0 Å². The molecule has 3 rings (SSSR count). The Morgan fingerprint density at radius 2 is 1.50 bits per heavy atom. The van der Waals surface area contributed by atoms with Crippen LogP contribution in [0.1, 0.15) is 56.3 Å². The SMILES string of the molecule is CC1CN(C(=O)c2ccc(NCC(=O)N3CCCCCCC3)cc2)CC(C)O1. The number of carbonyl (C=O) groups excluding carboxylic acids is 2. The number of anilines is 1. The van der Waals surface area contributed by atoms with Crippen LogP contribution >= 0.6 is 0 Å². The minimum Gasteiger partial charge on any atom is -0.376 e.